The van der Waals surface area contributed by atoms with Crippen LogP contribution in [0.15, 0.2) is 12.1 Å². The predicted octanol–water partition coefficient (Wildman–Crippen LogP) is 1.43. The Labute approximate surface area is 94.4 Å². The molecular weight excluding hydrogens is 218 g/mol. The van der Waals surface area contributed by atoms with E-state index in [1.807, 2.05) is 6.92 Å². The summed E-state index contributed by atoms with van der Waals surface area (Å²) in [5, 5.41) is 9.63. The van der Waals surface area contributed by atoms with Crippen LogP contribution < -0.4 is 15.2 Å². The van der Waals surface area contributed by atoms with Gasteiger partial charge in [-0.25, -0.2) is 0 Å². The van der Waals surface area contributed by atoms with Gasteiger partial charge in [-0.2, -0.15) is 0 Å². The lowest BCUT2D eigenvalue weighted by atomic mass is 10.1. The molecular formula is C10H14ClNO3. The zero-order chi connectivity index (χ0) is 10.1. The fraction of sp³-hybridized carbons (Fsp3) is 0.400. The van der Waals surface area contributed by atoms with Gasteiger partial charge in [-0.3, -0.25) is 0 Å². The van der Waals surface area contributed by atoms with E-state index >= 15 is 0 Å². The minimum atomic E-state index is 0. The quantitative estimate of drug-likeness (QED) is 0.808. The van der Waals surface area contributed by atoms with Gasteiger partial charge >= 0.3 is 0 Å². The van der Waals surface area contributed by atoms with Crippen molar-refractivity contribution in [2.24, 2.45) is 5.73 Å². The molecule has 0 spiro atoms. The summed E-state index contributed by atoms with van der Waals surface area (Å²) in [4.78, 5) is 0. The second-order valence-electron chi connectivity index (χ2n) is 3.52. The highest BCUT2D eigenvalue weighted by Crippen LogP contribution is 2.37. The van der Waals surface area contributed by atoms with Gasteiger partial charge < -0.3 is 20.3 Å². The first-order valence-electron chi connectivity index (χ1n) is 4.54. The number of phenols is 1. The Balaban J connectivity index is 0.00000112. The zero-order valence-electron chi connectivity index (χ0n) is 8.40. The van der Waals surface area contributed by atoms with Gasteiger partial charge in [-0.05, 0) is 25.0 Å². The number of hydrogen-bond donors (Lipinski definition) is 2. The Bertz CT molecular complexity index is 355. The molecule has 1 aromatic carbocycles. The van der Waals surface area contributed by atoms with Gasteiger partial charge in [-0.15, -0.1) is 12.4 Å². The van der Waals surface area contributed by atoms with Crippen LogP contribution in [0.2, 0.25) is 0 Å². The lowest BCUT2D eigenvalue weighted by Gasteiger charge is -2.08. The van der Waals surface area contributed by atoms with E-state index < -0.39 is 0 Å². The van der Waals surface area contributed by atoms with Crippen LogP contribution in [0.5, 0.6) is 17.2 Å². The molecule has 0 aliphatic carbocycles. The Kier molecular flexibility index (Phi) is 3.66. The monoisotopic (exact) mass is 231 g/mol. The van der Waals surface area contributed by atoms with Crippen molar-refractivity contribution >= 4 is 12.4 Å². The van der Waals surface area contributed by atoms with Crippen LogP contribution in [0.3, 0.4) is 0 Å². The predicted molar refractivity (Wildman–Crippen MR) is 58.8 cm³/mol. The molecule has 0 amide bonds. The van der Waals surface area contributed by atoms with Gasteiger partial charge in [0.1, 0.15) is 5.75 Å². The van der Waals surface area contributed by atoms with Crippen molar-refractivity contribution in [2.45, 2.75) is 19.4 Å². The Hall–Kier alpha value is -1.13. The van der Waals surface area contributed by atoms with Crippen molar-refractivity contribution < 1.29 is 14.6 Å². The third-order valence-electron chi connectivity index (χ3n) is 2.12. The van der Waals surface area contributed by atoms with E-state index in [2.05, 4.69) is 0 Å². The van der Waals surface area contributed by atoms with Crippen molar-refractivity contribution in [3.63, 3.8) is 0 Å². The number of ether oxygens (including phenoxy) is 2. The molecule has 3 N–H and O–H groups in total. The highest BCUT2D eigenvalue weighted by molar-refractivity contribution is 5.85. The number of hydrogen-bond acceptors (Lipinski definition) is 4. The molecule has 1 aliphatic rings. The van der Waals surface area contributed by atoms with E-state index in [0.717, 1.165) is 5.56 Å². The molecule has 1 aromatic rings. The minimum absolute atomic E-state index is 0. The molecule has 0 bridgehead atoms. The maximum atomic E-state index is 9.63. The van der Waals surface area contributed by atoms with E-state index in [-0.39, 0.29) is 31.0 Å². The summed E-state index contributed by atoms with van der Waals surface area (Å²) in [6.45, 7) is 2.11. The van der Waals surface area contributed by atoms with Crippen molar-refractivity contribution in [3.8, 4) is 17.2 Å². The number of benzene rings is 1. The van der Waals surface area contributed by atoms with Gasteiger partial charge in [0.05, 0.1) is 0 Å². The minimum Gasteiger partial charge on any atom is -0.508 e. The first kappa shape index (κ1) is 11.9. The molecule has 4 nitrogen and oxygen atoms in total. The number of aromatic hydroxyl groups is 1. The third kappa shape index (κ3) is 2.46. The smallest absolute Gasteiger partial charge is 0.231 e. The topological polar surface area (TPSA) is 64.7 Å². The number of halogens is 1. The maximum Gasteiger partial charge on any atom is 0.231 e. The van der Waals surface area contributed by atoms with E-state index in [9.17, 15) is 5.11 Å². The first-order valence-corrected chi connectivity index (χ1v) is 4.54. The Morgan fingerprint density at radius 1 is 1.40 bits per heavy atom. The van der Waals surface area contributed by atoms with Crippen molar-refractivity contribution in [1.82, 2.24) is 0 Å². The summed E-state index contributed by atoms with van der Waals surface area (Å²) in [7, 11) is 0. The van der Waals surface area contributed by atoms with Gasteiger partial charge in [0.25, 0.3) is 0 Å². The lowest BCUT2D eigenvalue weighted by Crippen LogP contribution is -2.17. The van der Waals surface area contributed by atoms with Crippen LogP contribution >= 0.6 is 12.4 Å². The number of rotatable bonds is 2. The maximum absolute atomic E-state index is 9.63. The standard InChI is InChI=1S/C10H13NO3.ClH/c1-6(11)2-7-3-9-10(4-8(7)12)14-5-13-9;/h3-4,6,12H,2,5,11H2,1H3;1H. The highest BCUT2D eigenvalue weighted by Gasteiger charge is 2.17. The molecule has 1 aliphatic heterocycles. The SMILES string of the molecule is CC(N)Cc1cc2c(cc1O)OCO2.Cl. The van der Waals surface area contributed by atoms with Crippen LogP contribution in [0.25, 0.3) is 0 Å². The van der Waals surface area contributed by atoms with Crippen LogP contribution in [-0.4, -0.2) is 17.9 Å². The lowest BCUT2D eigenvalue weighted by molar-refractivity contribution is 0.174. The molecule has 0 saturated carbocycles. The molecule has 0 saturated heterocycles. The van der Waals surface area contributed by atoms with E-state index in [1.54, 1.807) is 12.1 Å². The van der Waals surface area contributed by atoms with Crippen LogP contribution in [0.4, 0.5) is 0 Å². The van der Waals surface area contributed by atoms with E-state index in [0.29, 0.717) is 17.9 Å². The van der Waals surface area contributed by atoms with Gasteiger partial charge in [0.2, 0.25) is 6.79 Å². The van der Waals surface area contributed by atoms with Crippen LogP contribution in [0.1, 0.15) is 12.5 Å². The molecule has 1 heterocycles. The van der Waals surface area contributed by atoms with Crippen LogP contribution in [-0.2, 0) is 6.42 Å². The summed E-state index contributed by atoms with van der Waals surface area (Å²) in [5.41, 5.74) is 6.45. The fourth-order valence-electron chi connectivity index (χ4n) is 1.48. The van der Waals surface area contributed by atoms with Crippen molar-refractivity contribution in [1.29, 1.82) is 0 Å². The van der Waals surface area contributed by atoms with E-state index in [1.165, 1.54) is 0 Å². The summed E-state index contributed by atoms with van der Waals surface area (Å²) in [5.74, 6) is 1.49. The van der Waals surface area contributed by atoms with Crippen molar-refractivity contribution in [2.75, 3.05) is 6.79 Å². The molecule has 0 aromatic heterocycles. The second kappa shape index (κ2) is 4.59. The molecule has 15 heavy (non-hydrogen) atoms. The van der Waals surface area contributed by atoms with E-state index in [4.69, 9.17) is 15.2 Å². The summed E-state index contributed by atoms with van der Waals surface area (Å²) in [6, 6.07) is 3.36. The summed E-state index contributed by atoms with van der Waals surface area (Å²) >= 11 is 0. The zero-order valence-corrected chi connectivity index (χ0v) is 9.21. The Morgan fingerprint density at radius 2 is 2.00 bits per heavy atom. The summed E-state index contributed by atoms with van der Waals surface area (Å²) in [6.07, 6.45) is 0.627. The highest BCUT2D eigenvalue weighted by atomic mass is 35.5. The third-order valence-corrected chi connectivity index (χ3v) is 2.12. The first-order chi connectivity index (χ1) is 6.66. The van der Waals surface area contributed by atoms with Gasteiger partial charge in [0.15, 0.2) is 11.5 Å². The number of fused-ring (bicyclic) bond motifs is 1. The second-order valence-corrected chi connectivity index (χ2v) is 3.52. The fourth-order valence-corrected chi connectivity index (χ4v) is 1.48. The largest absolute Gasteiger partial charge is 0.508 e. The molecule has 1 unspecified atom stereocenters. The molecule has 84 valence electrons. The molecule has 0 radical (unpaired) electrons. The van der Waals surface area contributed by atoms with Crippen molar-refractivity contribution in [3.05, 3.63) is 17.7 Å². The summed E-state index contributed by atoms with van der Waals surface area (Å²) < 4.78 is 10.3. The molecule has 5 heteroatoms. The average molecular weight is 232 g/mol. The normalized spacial score (nSPS) is 14.5. The van der Waals surface area contributed by atoms with Gasteiger partial charge in [-0.1, -0.05) is 0 Å². The Morgan fingerprint density at radius 3 is 2.60 bits per heavy atom. The molecule has 0 fully saturated rings. The average Bonchev–Trinajstić information content (AvgIpc) is 2.51. The number of phenolic OH excluding ortho intramolecular Hbond substituents is 1. The van der Waals surface area contributed by atoms with Crippen LogP contribution in [0, 0.1) is 0 Å². The number of nitrogens with two attached hydrogens (primary N) is 1. The van der Waals surface area contributed by atoms with Gasteiger partial charge in [0, 0.05) is 12.1 Å². The molecule has 2 rings (SSSR count). The molecule has 1 atom stereocenters.